The molecule has 0 N–H and O–H groups in total. The van der Waals surface area contributed by atoms with E-state index in [1.807, 2.05) is 57.4 Å². The zero-order chi connectivity index (χ0) is 19.2. The Bertz CT molecular complexity index is 943. The van der Waals surface area contributed by atoms with Crippen molar-refractivity contribution in [2.24, 2.45) is 0 Å². The first-order valence-electron chi connectivity index (χ1n) is 8.72. The summed E-state index contributed by atoms with van der Waals surface area (Å²) in [6, 6.07) is 15.5. The largest absolute Gasteiger partial charge is 0.487 e. The standard InChI is InChI=1S/C21H18N2O2S3/c24-21(16-5-7-18(8-6-16)25-13-17-14-26-15-22-17)23(11-19-3-1-9-27-19)12-20-4-2-10-28-20/h1-10,14-15H,11-13H2. The molecule has 7 heteroatoms. The van der Waals surface area contributed by atoms with Crippen LogP contribution in [0.4, 0.5) is 0 Å². The minimum absolute atomic E-state index is 0.0212. The van der Waals surface area contributed by atoms with Gasteiger partial charge in [-0.2, -0.15) is 0 Å². The molecule has 3 aromatic heterocycles. The highest BCUT2D eigenvalue weighted by Gasteiger charge is 2.18. The van der Waals surface area contributed by atoms with Gasteiger partial charge in [-0.3, -0.25) is 4.79 Å². The Labute approximate surface area is 175 Å². The Morgan fingerprint density at radius 1 is 0.964 bits per heavy atom. The molecule has 3 heterocycles. The van der Waals surface area contributed by atoms with E-state index in [4.69, 9.17) is 4.74 Å². The molecular weight excluding hydrogens is 408 g/mol. The van der Waals surface area contributed by atoms with Crippen LogP contribution in [0.1, 0.15) is 25.8 Å². The first kappa shape index (κ1) is 18.9. The van der Waals surface area contributed by atoms with Gasteiger partial charge in [-0.1, -0.05) is 12.1 Å². The van der Waals surface area contributed by atoms with Crippen LogP contribution >= 0.6 is 34.0 Å². The predicted molar refractivity (Wildman–Crippen MR) is 115 cm³/mol. The van der Waals surface area contributed by atoms with Crippen LogP contribution in [0.25, 0.3) is 0 Å². The van der Waals surface area contributed by atoms with E-state index >= 15 is 0 Å². The fourth-order valence-electron chi connectivity index (χ4n) is 2.72. The molecule has 1 aromatic carbocycles. The smallest absolute Gasteiger partial charge is 0.254 e. The lowest BCUT2D eigenvalue weighted by Gasteiger charge is -2.22. The summed E-state index contributed by atoms with van der Waals surface area (Å²) in [5, 5.41) is 6.04. The van der Waals surface area contributed by atoms with Crippen molar-refractivity contribution in [3.8, 4) is 5.75 Å². The third-order valence-corrected chi connectivity index (χ3v) is 6.47. The van der Waals surface area contributed by atoms with Crippen molar-refractivity contribution in [2.45, 2.75) is 19.7 Å². The predicted octanol–water partition coefficient (Wildman–Crippen LogP) is 5.69. The van der Waals surface area contributed by atoms with Crippen LogP contribution in [0.2, 0.25) is 0 Å². The fraction of sp³-hybridized carbons (Fsp3) is 0.143. The normalized spacial score (nSPS) is 10.7. The summed E-state index contributed by atoms with van der Waals surface area (Å²) in [5.74, 6) is 0.750. The third-order valence-electron chi connectivity index (χ3n) is 4.11. The minimum atomic E-state index is 0.0212. The number of carbonyl (C=O) groups is 1. The van der Waals surface area contributed by atoms with Crippen molar-refractivity contribution in [3.05, 3.63) is 91.2 Å². The molecule has 0 saturated heterocycles. The maximum absolute atomic E-state index is 13.1. The van der Waals surface area contributed by atoms with Crippen LogP contribution in [-0.2, 0) is 19.7 Å². The molecule has 142 valence electrons. The van der Waals surface area contributed by atoms with E-state index in [9.17, 15) is 4.79 Å². The molecule has 0 spiro atoms. The van der Waals surface area contributed by atoms with Crippen molar-refractivity contribution in [1.82, 2.24) is 9.88 Å². The summed E-state index contributed by atoms with van der Waals surface area (Å²) in [7, 11) is 0. The van der Waals surface area contributed by atoms with Crippen molar-refractivity contribution >= 4 is 39.9 Å². The molecule has 4 aromatic rings. The number of benzene rings is 1. The van der Waals surface area contributed by atoms with E-state index in [-0.39, 0.29) is 5.91 Å². The lowest BCUT2D eigenvalue weighted by Crippen LogP contribution is -2.29. The van der Waals surface area contributed by atoms with Crippen LogP contribution in [0.15, 0.2) is 70.2 Å². The monoisotopic (exact) mass is 426 g/mol. The molecule has 0 bridgehead atoms. The summed E-state index contributed by atoms with van der Waals surface area (Å²) in [4.78, 5) is 21.6. The number of carbonyl (C=O) groups excluding carboxylic acids is 1. The number of nitrogens with zero attached hydrogens (tertiary/aromatic N) is 2. The average molecular weight is 427 g/mol. The van der Waals surface area contributed by atoms with E-state index in [1.54, 1.807) is 39.5 Å². The molecule has 0 atom stereocenters. The zero-order valence-electron chi connectivity index (χ0n) is 15.0. The first-order valence-corrected chi connectivity index (χ1v) is 11.4. The second-order valence-corrected chi connectivity index (χ2v) is 8.90. The van der Waals surface area contributed by atoms with E-state index < -0.39 is 0 Å². The van der Waals surface area contributed by atoms with E-state index in [1.165, 1.54) is 9.75 Å². The summed E-state index contributed by atoms with van der Waals surface area (Å²) < 4.78 is 5.74. The van der Waals surface area contributed by atoms with Gasteiger partial charge in [-0.25, -0.2) is 4.98 Å². The quantitative estimate of drug-likeness (QED) is 0.364. The van der Waals surface area contributed by atoms with Gasteiger partial charge < -0.3 is 9.64 Å². The second-order valence-electron chi connectivity index (χ2n) is 6.11. The molecule has 0 unspecified atom stereocenters. The van der Waals surface area contributed by atoms with Gasteiger partial charge in [-0.05, 0) is 47.2 Å². The van der Waals surface area contributed by atoms with Crippen LogP contribution in [0, 0.1) is 0 Å². The lowest BCUT2D eigenvalue weighted by atomic mass is 10.2. The van der Waals surface area contributed by atoms with Crippen molar-refractivity contribution < 1.29 is 9.53 Å². The molecular formula is C21H18N2O2S3. The van der Waals surface area contributed by atoms with Gasteiger partial charge in [0.2, 0.25) is 0 Å². The minimum Gasteiger partial charge on any atom is -0.487 e. The zero-order valence-corrected chi connectivity index (χ0v) is 17.4. The van der Waals surface area contributed by atoms with Crippen molar-refractivity contribution in [2.75, 3.05) is 0 Å². The number of thiazole rings is 1. The highest BCUT2D eigenvalue weighted by molar-refractivity contribution is 7.10. The number of thiophene rings is 2. The number of rotatable bonds is 8. The van der Waals surface area contributed by atoms with Crippen molar-refractivity contribution in [3.63, 3.8) is 0 Å². The Balaban J connectivity index is 1.45. The number of amides is 1. The number of ether oxygens (including phenoxy) is 1. The first-order chi connectivity index (χ1) is 13.8. The molecule has 1 amide bonds. The van der Waals surface area contributed by atoms with Crippen molar-refractivity contribution in [1.29, 1.82) is 0 Å². The van der Waals surface area contributed by atoms with E-state index in [0.29, 0.717) is 25.3 Å². The molecule has 28 heavy (non-hydrogen) atoms. The van der Waals surface area contributed by atoms with Crippen LogP contribution in [0.5, 0.6) is 5.75 Å². The average Bonchev–Trinajstić information content (AvgIpc) is 3.49. The molecule has 0 aliphatic rings. The molecule has 0 aliphatic heterocycles. The topological polar surface area (TPSA) is 42.4 Å². The SMILES string of the molecule is O=C(c1ccc(OCc2cscn2)cc1)N(Cc1cccs1)Cc1cccs1. The second kappa shape index (κ2) is 9.14. The van der Waals surface area contributed by atoms with Crippen LogP contribution in [-0.4, -0.2) is 15.8 Å². The van der Waals surface area contributed by atoms with Gasteiger partial charge in [0, 0.05) is 20.7 Å². The summed E-state index contributed by atoms with van der Waals surface area (Å²) in [6.07, 6.45) is 0. The van der Waals surface area contributed by atoms with Crippen LogP contribution in [0.3, 0.4) is 0 Å². The lowest BCUT2D eigenvalue weighted by molar-refractivity contribution is 0.0733. The Morgan fingerprint density at radius 3 is 2.18 bits per heavy atom. The Hall–Kier alpha value is -2.48. The Morgan fingerprint density at radius 2 is 1.64 bits per heavy atom. The van der Waals surface area contributed by atoms with Gasteiger partial charge >= 0.3 is 0 Å². The van der Waals surface area contributed by atoms with Gasteiger partial charge in [0.15, 0.2) is 0 Å². The number of aromatic nitrogens is 1. The maximum Gasteiger partial charge on any atom is 0.254 e. The highest BCUT2D eigenvalue weighted by Crippen LogP contribution is 2.21. The van der Waals surface area contributed by atoms with Gasteiger partial charge in [-0.15, -0.1) is 34.0 Å². The molecule has 0 radical (unpaired) electrons. The molecule has 0 fully saturated rings. The summed E-state index contributed by atoms with van der Waals surface area (Å²) >= 11 is 4.88. The number of hydrogen-bond acceptors (Lipinski definition) is 6. The molecule has 4 rings (SSSR count). The van der Waals surface area contributed by atoms with E-state index in [2.05, 4.69) is 17.1 Å². The molecule has 4 nitrogen and oxygen atoms in total. The molecule has 0 saturated carbocycles. The summed E-state index contributed by atoms with van der Waals surface area (Å²) in [5.41, 5.74) is 3.35. The van der Waals surface area contributed by atoms with Crippen LogP contribution < -0.4 is 4.74 Å². The summed E-state index contributed by atoms with van der Waals surface area (Å²) in [6.45, 7) is 1.65. The number of hydrogen-bond donors (Lipinski definition) is 0. The van der Waals surface area contributed by atoms with Gasteiger partial charge in [0.05, 0.1) is 24.3 Å². The molecule has 0 aliphatic carbocycles. The maximum atomic E-state index is 13.1. The van der Waals surface area contributed by atoms with Gasteiger partial charge in [0.25, 0.3) is 5.91 Å². The Kier molecular flexibility index (Phi) is 6.16. The van der Waals surface area contributed by atoms with Gasteiger partial charge in [0.1, 0.15) is 12.4 Å². The fourth-order valence-corrected chi connectivity index (χ4v) is 4.71. The third kappa shape index (κ3) is 4.86. The highest BCUT2D eigenvalue weighted by atomic mass is 32.1. The van der Waals surface area contributed by atoms with E-state index in [0.717, 1.165) is 11.4 Å².